The third-order valence-electron chi connectivity index (χ3n) is 6.34. The summed E-state index contributed by atoms with van der Waals surface area (Å²) in [5, 5.41) is 11.5. The zero-order chi connectivity index (χ0) is 21.4. The monoisotopic (exact) mass is 422 g/mol. The van der Waals surface area contributed by atoms with Gasteiger partial charge in [-0.25, -0.2) is 4.98 Å². The molecule has 1 unspecified atom stereocenters. The van der Waals surface area contributed by atoms with Crippen molar-refractivity contribution in [3.8, 4) is 11.3 Å². The third-order valence-corrected chi connectivity index (χ3v) is 6.34. The van der Waals surface area contributed by atoms with Gasteiger partial charge in [-0.1, -0.05) is 6.92 Å². The molecule has 2 aliphatic rings. The highest BCUT2D eigenvalue weighted by molar-refractivity contribution is 6.02. The zero-order valence-corrected chi connectivity index (χ0v) is 18.2. The molecule has 9 heteroatoms. The summed E-state index contributed by atoms with van der Waals surface area (Å²) in [6.45, 7) is 6.52. The maximum Gasteiger partial charge on any atom is 0.224 e. The first-order valence-electron chi connectivity index (χ1n) is 11.1. The molecule has 1 atom stereocenters. The predicted molar refractivity (Wildman–Crippen MR) is 125 cm³/mol. The van der Waals surface area contributed by atoms with E-state index in [1.54, 1.807) is 0 Å². The highest BCUT2D eigenvalue weighted by Crippen LogP contribution is 2.37. The average Bonchev–Trinajstić information content (AvgIpc) is 3.48. The first kappa shape index (κ1) is 19.9. The average molecular weight is 423 g/mol. The van der Waals surface area contributed by atoms with Crippen molar-refractivity contribution in [2.75, 3.05) is 60.7 Å². The predicted octanol–water partition coefficient (Wildman–Crippen LogP) is 2.86. The minimum Gasteiger partial charge on any atom is -0.382 e. The number of benzene rings is 1. The molecule has 0 aliphatic carbocycles. The molecule has 0 bridgehead atoms. The molecule has 164 valence electrons. The number of rotatable bonds is 5. The smallest absolute Gasteiger partial charge is 0.224 e. The van der Waals surface area contributed by atoms with E-state index in [-0.39, 0.29) is 0 Å². The standard InChI is InChI=1S/C22H30N8O/c1-3-15-13-31-9-8-30(15)19-12-16(25-22(24-2)26-19)14-10-17-20(21(23)28-27-17)18(11-14)29-6-4-5-7-29/h10-12,15H,3-9,13H2,1-2H3,(H3,23,27,28)(H,24,25,26). The summed E-state index contributed by atoms with van der Waals surface area (Å²) in [6, 6.07) is 6.68. The van der Waals surface area contributed by atoms with Crippen LogP contribution in [-0.4, -0.2) is 66.1 Å². The van der Waals surface area contributed by atoms with Crippen molar-refractivity contribution in [2.24, 2.45) is 0 Å². The summed E-state index contributed by atoms with van der Waals surface area (Å²) < 4.78 is 5.69. The number of anilines is 4. The summed E-state index contributed by atoms with van der Waals surface area (Å²) >= 11 is 0. The van der Waals surface area contributed by atoms with Gasteiger partial charge in [-0.05, 0) is 31.4 Å². The van der Waals surface area contributed by atoms with Crippen molar-refractivity contribution in [3.05, 3.63) is 18.2 Å². The quantitative estimate of drug-likeness (QED) is 0.576. The fourth-order valence-electron chi connectivity index (χ4n) is 4.65. The zero-order valence-electron chi connectivity index (χ0n) is 18.2. The minimum atomic E-state index is 0.316. The molecule has 2 saturated heterocycles. The van der Waals surface area contributed by atoms with Crippen LogP contribution in [0.3, 0.4) is 0 Å². The largest absolute Gasteiger partial charge is 0.382 e. The molecule has 2 aliphatic heterocycles. The lowest BCUT2D eigenvalue weighted by Crippen LogP contribution is -2.45. The Balaban J connectivity index is 1.62. The summed E-state index contributed by atoms with van der Waals surface area (Å²) in [7, 11) is 1.86. The van der Waals surface area contributed by atoms with Crippen LogP contribution in [0.2, 0.25) is 0 Å². The van der Waals surface area contributed by atoms with E-state index in [0.717, 1.165) is 66.3 Å². The molecule has 3 aromatic rings. The molecule has 0 spiro atoms. The van der Waals surface area contributed by atoms with Gasteiger partial charge >= 0.3 is 0 Å². The molecule has 9 nitrogen and oxygen atoms in total. The van der Waals surface area contributed by atoms with Gasteiger partial charge in [0.25, 0.3) is 0 Å². The van der Waals surface area contributed by atoms with Crippen LogP contribution in [0.15, 0.2) is 18.2 Å². The fraction of sp³-hybridized carbons (Fsp3) is 0.500. The number of nitrogens with zero attached hydrogens (tertiary/aromatic N) is 5. The second kappa shape index (κ2) is 8.22. The van der Waals surface area contributed by atoms with Gasteiger partial charge in [-0.15, -0.1) is 0 Å². The Bertz CT molecular complexity index is 1070. The molecule has 4 heterocycles. The number of hydrogen-bond acceptors (Lipinski definition) is 8. The Morgan fingerprint density at radius 2 is 2.03 bits per heavy atom. The molecule has 0 saturated carbocycles. The molecule has 4 N–H and O–H groups in total. The van der Waals surface area contributed by atoms with Gasteiger partial charge in [0.2, 0.25) is 5.95 Å². The van der Waals surface area contributed by atoms with Crippen LogP contribution in [-0.2, 0) is 4.74 Å². The summed E-state index contributed by atoms with van der Waals surface area (Å²) in [4.78, 5) is 14.3. The molecule has 1 aromatic carbocycles. The molecular formula is C22H30N8O. The SMILES string of the molecule is CCC1COCCN1c1cc(-c2cc(N3CCCC3)c3c(N)n[nH]c3c2)nc(NC)n1. The maximum atomic E-state index is 6.21. The topological polar surface area (TPSA) is 108 Å². The fourth-order valence-corrected chi connectivity index (χ4v) is 4.65. The van der Waals surface area contributed by atoms with Gasteiger partial charge in [-0.2, -0.15) is 10.1 Å². The van der Waals surface area contributed by atoms with Crippen LogP contribution in [0, 0.1) is 0 Å². The highest BCUT2D eigenvalue weighted by atomic mass is 16.5. The van der Waals surface area contributed by atoms with Crippen molar-refractivity contribution >= 4 is 34.2 Å². The normalized spacial score (nSPS) is 19.4. The first-order chi connectivity index (χ1) is 15.2. The first-order valence-corrected chi connectivity index (χ1v) is 11.1. The van der Waals surface area contributed by atoms with Crippen molar-refractivity contribution in [3.63, 3.8) is 0 Å². The van der Waals surface area contributed by atoms with Gasteiger partial charge in [0.15, 0.2) is 5.82 Å². The number of aromatic nitrogens is 4. The Kier molecular flexibility index (Phi) is 5.27. The Labute approximate surface area is 182 Å². The van der Waals surface area contributed by atoms with Crippen LogP contribution >= 0.6 is 0 Å². The lowest BCUT2D eigenvalue weighted by molar-refractivity contribution is 0.0926. The molecule has 0 amide bonds. The van der Waals surface area contributed by atoms with Crippen LogP contribution in [0.4, 0.5) is 23.3 Å². The van der Waals surface area contributed by atoms with Gasteiger partial charge < -0.3 is 25.6 Å². The van der Waals surface area contributed by atoms with E-state index in [2.05, 4.69) is 50.4 Å². The van der Waals surface area contributed by atoms with Crippen molar-refractivity contribution in [1.82, 2.24) is 20.2 Å². The van der Waals surface area contributed by atoms with Crippen LogP contribution in [0.1, 0.15) is 26.2 Å². The second-order valence-electron chi connectivity index (χ2n) is 8.24. The van der Waals surface area contributed by atoms with E-state index in [1.807, 2.05) is 7.05 Å². The van der Waals surface area contributed by atoms with Gasteiger partial charge in [0, 0.05) is 38.3 Å². The van der Waals surface area contributed by atoms with Crippen LogP contribution < -0.4 is 20.9 Å². The lowest BCUT2D eigenvalue weighted by atomic mass is 10.1. The van der Waals surface area contributed by atoms with E-state index in [0.29, 0.717) is 24.4 Å². The maximum absolute atomic E-state index is 6.21. The molecule has 5 rings (SSSR count). The molecule has 0 radical (unpaired) electrons. The van der Waals surface area contributed by atoms with E-state index >= 15 is 0 Å². The molecule has 2 aromatic heterocycles. The number of hydrogen-bond donors (Lipinski definition) is 3. The molecule has 31 heavy (non-hydrogen) atoms. The Morgan fingerprint density at radius 3 is 2.81 bits per heavy atom. The Morgan fingerprint density at radius 1 is 1.19 bits per heavy atom. The number of nitrogens with one attached hydrogen (secondary N) is 2. The number of ether oxygens (including phenoxy) is 1. The second-order valence-corrected chi connectivity index (χ2v) is 8.24. The van der Waals surface area contributed by atoms with Crippen molar-refractivity contribution in [1.29, 1.82) is 0 Å². The number of nitrogen functional groups attached to an aromatic ring is 1. The summed E-state index contributed by atoms with van der Waals surface area (Å²) in [5.74, 6) is 2.08. The van der Waals surface area contributed by atoms with Crippen molar-refractivity contribution in [2.45, 2.75) is 32.2 Å². The van der Waals surface area contributed by atoms with Gasteiger partial charge in [0.1, 0.15) is 5.82 Å². The third kappa shape index (κ3) is 3.63. The van der Waals surface area contributed by atoms with Gasteiger partial charge in [-0.3, -0.25) is 5.10 Å². The number of nitrogens with two attached hydrogens (primary N) is 1. The van der Waals surface area contributed by atoms with E-state index in [1.165, 1.54) is 12.8 Å². The van der Waals surface area contributed by atoms with E-state index in [9.17, 15) is 0 Å². The summed E-state index contributed by atoms with van der Waals surface area (Å²) in [6.07, 6.45) is 3.40. The Hall–Kier alpha value is -3.07. The number of H-pyrrole nitrogens is 1. The lowest BCUT2D eigenvalue weighted by Gasteiger charge is -2.36. The summed E-state index contributed by atoms with van der Waals surface area (Å²) in [5.41, 5.74) is 10.2. The molecular weight excluding hydrogens is 392 g/mol. The minimum absolute atomic E-state index is 0.316. The number of aromatic amines is 1. The van der Waals surface area contributed by atoms with E-state index < -0.39 is 0 Å². The van der Waals surface area contributed by atoms with Crippen molar-refractivity contribution < 1.29 is 4.74 Å². The number of fused-ring (bicyclic) bond motifs is 1. The molecule has 2 fully saturated rings. The van der Waals surface area contributed by atoms with Gasteiger partial charge in [0.05, 0.1) is 41.5 Å². The highest BCUT2D eigenvalue weighted by Gasteiger charge is 2.25. The van der Waals surface area contributed by atoms with Crippen LogP contribution in [0.5, 0.6) is 0 Å². The van der Waals surface area contributed by atoms with E-state index in [4.69, 9.17) is 20.4 Å². The number of morpholine rings is 1. The van der Waals surface area contributed by atoms with Crippen LogP contribution in [0.25, 0.3) is 22.2 Å².